The minimum absolute atomic E-state index is 0.0215. The number of benzene rings is 2. The summed E-state index contributed by atoms with van der Waals surface area (Å²) in [5.74, 6) is 0.144. The zero-order valence-electron chi connectivity index (χ0n) is 15.0. The predicted octanol–water partition coefficient (Wildman–Crippen LogP) is 3.47. The van der Waals surface area contributed by atoms with Crippen LogP contribution in [0.1, 0.15) is 16.2 Å². The van der Waals surface area contributed by atoms with E-state index in [0.717, 1.165) is 22.3 Å². The van der Waals surface area contributed by atoms with Crippen LogP contribution in [0.25, 0.3) is 10.9 Å². The largest absolute Gasteiger partial charge is 0.476 e. The molecule has 2 aromatic carbocycles. The zero-order chi connectivity index (χ0) is 19.5. The Morgan fingerprint density at radius 1 is 1.14 bits per heavy atom. The highest BCUT2D eigenvalue weighted by Gasteiger charge is 2.11. The molecule has 0 radical (unpaired) electrons. The summed E-state index contributed by atoms with van der Waals surface area (Å²) >= 11 is 0. The van der Waals surface area contributed by atoms with Gasteiger partial charge in [-0.3, -0.25) is 4.68 Å². The fourth-order valence-electron chi connectivity index (χ4n) is 2.79. The van der Waals surface area contributed by atoms with Crippen molar-refractivity contribution >= 4 is 22.6 Å². The summed E-state index contributed by atoms with van der Waals surface area (Å²) in [5, 5.41) is 17.1. The Morgan fingerprint density at radius 3 is 2.71 bits per heavy atom. The van der Waals surface area contributed by atoms with E-state index in [9.17, 15) is 4.79 Å². The first-order valence-corrected chi connectivity index (χ1v) is 8.58. The van der Waals surface area contributed by atoms with Gasteiger partial charge < -0.3 is 15.2 Å². The first-order chi connectivity index (χ1) is 13.6. The zero-order valence-corrected chi connectivity index (χ0v) is 15.0. The van der Waals surface area contributed by atoms with Gasteiger partial charge in [0.15, 0.2) is 5.69 Å². The Morgan fingerprint density at radius 2 is 1.96 bits per heavy atom. The Bertz CT molecular complexity index is 1140. The second-order valence-electron chi connectivity index (χ2n) is 6.13. The maximum absolute atomic E-state index is 11.0. The van der Waals surface area contributed by atoms with Gasteiger partial charge in [0.25, 0.3) is 0 Å². The Hall–Kier alpha value is -3.94. The highest BCUT2D eigenvalue weighted by Crippen LogP contribution is 2.28. The maximum atomic E-state index is 11.0. The molecule has 8 nitrogen and oxygen atoms in total. The van der Waals surface area contributed by atoms with Crippen LogP contribution in [0.15, 0.2) is 60.9 Å². The van der Waals surface area contributed by atoms with Gasteiger partial charge in [0.1, 0.15) is 12.1 Å². The molecule has 0 bridgehead atoms. The van der Waals surface area contributed by atoms with Crippen molar-refractivity contribution < 1.29 is 14.6 Å². The summed E-state index contributed by atoms with van der Waals surface area (Å²) in [6.07, 6.45) is 1.46. The number of carboxylic acids is 1. The number of aryl methyl sites for hydroxylation is 1. The average Bonchev–Trinajstić information content (AvgIpc) is 3.08. The quantitative estimate of drug-likeness (QED) is 0.532. The molecule has 0 spiro atoms. The van der Waals surface area contributed by atoms with Crippen LogP contribution in [-0.4, -0.2) is 30.8 Å². The van der Waals surface area contributed by atoms with Gasteiger partial charge in [0, 0.05) is 12.7 Å². The number of hydrogen-bond donors (Lipinski definition) is 2. The lowest BCUT2D eigenvalue weighted by Crippen LogP contribution is -2.05. The monoisotopic (exact) mass is 375 g/mol. The molecule has 28 heavy (non-hydrogen) atoms. The second kappa shape index (κ2) is 7.36. The van der Waals surface area contributed by atoms with E-state index in [4.69, 9.17) is 9.84 Å². The van der Waals surface area contributed by atoms with Crippen LogP contribution >= 0.6 is 0 Å². The van der Waals surface area contributed by atoms with Crippen molar-refractivity contribution in [2.75, 3.05) is 5.32 Å². The van der Waals surface area contributed by atoms with Gasteiger partial charge >= 0.3 is 5.97 Å². The number of aromatic nitrogens is 4. The molecular weight excluding hydrogens is 358 g/mol. The number of hydrogen-bond acceptors (Lipinski definition) is 6. The third-order valence-electron chi connectivity index (χ3n) is 4.23. The van der Waals surface area contributed by atoms with Crippen LogP contribution in [0.3, 0.4) is 0 Å². The van der Waals surface area contributed by atoms with Crippen molar-refractivity contribution in [1.29, 1.82) is 0 Å². The van der Waals surface area contributed by atoms with Crippen LogP contribution in [0, 0.1) is 0 Å². The van der Waals surface area contributed by atoms with E-state index in [0.29, 0.717) is 18.2 Å². The molecule has 0 atom stereocenters. The molecule has 0 unspecified atom stereocenters. The van der Waals surface area contributed by atoms with Crippen molar-refractivity contribution in [3.8, 4) is 11.6 Å². The molecule has 0 aliphatic heterocycles. The summed E-state index contributed by atoms with van der Waals surface area (Å²) < 4.78 is 7.41. The summed E-state index contributed by atoms with van der Waals surface area (Å²) in [7, 11) is 1.71. The number of anilines is 1. The van der Waals surface area contributed by atoms with Crippen LogP contribution in [-0.2, 0) is 13.6 Å². The van der Waals surface area contributed by atoms with E-state index in [-0.39, 0.29) is 5.69 Å². The van der Waals surface area contributed by atoms with Gasteiger partial charge in [0.2, 0.25) is 5.88 Å². The van der Waals surface area contributed by atoms with Crippen molar-refractivity contribution in [3.63, 3.8) is 0 Å². The molecule has 2 N–H and O–H groups in total. The minimum atomic E-state index is -1.05. The van der Waals surface area contributed by atoms with Crippen LogP contribution in [0.2, 0.25) is 0 Å². The fraction of sp³-hybridized carbons (Fsp3) is 0.100. The number of nitrogens with one attached hydrogen (secondary N) is 1. The van der Waals surface area contributed by atoms with E-state index in [1.165, 1.54) is 6.33 Å². The van der Waals surface area contributed by atoms with E-state index in [1.54, 1.807) is 17.8 Å². The lowest BCUT2D eigenvalue weighted by atomic mass is 10.2. The number of aromatic carboxylic acids is 1. The Kier molecular flexibility index (Phi) is 4.59. The van der Waals surface area contributed by atoms with Crippen LogP contribution in [0.5, 0.6) is 11.6 Å². The Balaban J connectivity index is 1.54. The van der Waals surface area contributed by atoms with E-state index >= 15 is 0 Å². The number of rotatable bonds is 6. The fourth-order valence-corrected chi connectivity index (χ4v) is 2.79. The number of nitrogens with zero attached hydrogens (tertiary/aromatic N) is 4. The normalized spacial score (nSPS) is 10.8. The molecule has 4 aromatic rings. The second-order valence-corrected chi connectivity index (χ2v) is 6.13. The number of carbonyl (C=O) groups is 1. The van der Waals surface area contributed by atoms with E-state index < -0.39 is 5.97 Å². The molecule has 140 valence electrons. The standard InChI is InChI=1S/C20H17N5O3/c1-25-14(10-18(24-25)20(26)27)11-21-13-7-8-16-17(9-13)22-12-23-19(16)28-15-5-3-2-4-6-15/h2-10,12,21H,11H2,1H3,(H,26,27). The number of para-hydroxylation sites is 1. The Labute approximate surface area is 160 Å². The molecule has 0 amide bonds. The number of carboxylic acid groups (broad SMARTS) is 1. The van der Waals surface area contributed by atoms with Gasteiger partial charge in [0.05, 0.1) is 23.1 Å². The summed E-state index contributed by atoms with van der Waals surface area (Å²) in [5.41, 5.74) is 2.36. The molecule has 2 heterocycles. The lowest BCUT2D eigenvalue weighted by Gasteiger charge is -2.10. The molecule has 0 fully saturated rings. The van der Waals surface area contributed by atoms with Gasteiger partial charge in [-0.05, 0) is 36.4 Å². The van der Waals surface area contributed by atoms with Gasteiger partial charge in [-0.2, -0.15) is 5.10 Å². The topological polar surface area (TPSA) is 102 Å². The van der Waals surface area contributed by atoms with Gasteiger partial charge in [-0.15, -0.1) is 0 Å². The van der Waals surface area contributed by atoms with E-state index in [1.807, 2.05) is 48.5 Å². The van der Waals surface area contributed by atoms with Crippen molar-refractivity contribution in [3.05, 3.63) is 72.3 Å². The van der Waals surface area contributed by atoms with Crippen LogP contribution in [0.4, 0.5) is 5.69 Å². The smallest absolute Gasteiger partial charge is 0.356 e. The van der Waals surface area contributed by atoms with Crippen molar-refractivity contribution in [1.82, 2.24) is 19.7 Å². The first-order valence-electron chi connectivity index (χ1n) is 8.58. The average molecular weight is 375 g/mol. The number of fused-ring (bicyclic) bond motifs is 1. The summed E-state index contributed by atoms with van der Waals surface area (Å²) in [4.78, 5) is 19.6. The third-order valence-corrected chi connectivity index (χ3v) is 4.23. The summed E-state index contributed by atoms with van der Waals surface area (Å²) in [6.45, 7) is 0.431. The molecule has 8 heteroatoms. The summed E-state index contributed by atoms with van der Waals surface area (Å²) in [6, 6.07) is 16.7. The minimum Gasteiger partial charge on any atom is -0.476 e. The first kappa shape index (κ1) is 17.5. The number of ether oxygens (including phenoxy) is 1. The highest BCUT2D eigenvalue weighted by atomic mass is 16.5. The molecule has 4 rings (SSSR count). The van der Waals surface area contributed by atoms with Crippen molar-refractivity contribution in [2.24, 2.45) is 7.05 Å². The molecule has 0 saturated carbocycles. The molecule has 2 aromatic heterocycles. The lowest BCUT2D eigenvalue weighted by molar-refractivity contribution is 0.0689. The molecule has 0 aliphatic carbocycles. The SMILES string of the molecule is Cn1nc(C(=O)O)cc1CNc1ccc2c(Oc3ccccc3)ncnc2c1. The molecule has 0 saturated heterocycles. The predicted molar refractivity (Wildman–Crippen MR) is 104 cm³/mol. The van der Waals surface area contributed by atoms with Gasteiger partial charge in [-0.1, -0.05) is 18.2 Å². The van der Waals surface area contributed by atoms with Gasteiger partial charge in [-0.25, -0.2) is 14.8 Å². The van der Waals surface area contributed by atoms with E-state index in [2.05, 4.69) is 20.4 Å². The molecular formula is C20H17N5O3. The van der Waals surface area contributed by atoms with Crippen LogP contribution < -0.4 is 10.1 Å². The maximum Gasteiger partial charge on any atom is 0.356 e. The third kappa shape index (κ3) is 3.61. The van der Waals surface area contributed by atoms with Crippen molar-refractivity contribution in [2.45, 2.75) is 6.54 Å². The molecule has 0 aliphatic rings. The highest BCUT2D eigenvalue weighted by molar-refractivity contribution is 5.86.